The number of hydrogen-bond donors (Lipinski definition) is 1. The van der Waals surface area contributed by atoms with Crippen LogP contribution in [0.2, 0.25) is 0 Å². The van der Waals surface area contributed by atoms with Gasteiger partial charge in [0.05, 0.1) is 6.10 Å². The Morgan fingerprint density at radius 1 is 1.10 bits per heavy atom. The van der Waals surface area contributed by atoms with Crippen LogP contribution >= 0.6 is 0 Å². The van der Waals surface area contributed by atoms with Crippen molar-refractivity contribution in [1.29, 1.82) is 0 Å². The lowest BCUT2D eigenvalue weighted by Gasteiger charge is -2.32. The zero-order valence-electron chi connectivity index (χ0n) is 12.3. The number of fused-ring (bicyclic) bond motifs is 3. The first-order valence-electron chi connectivity index (χ1n) is 8.57. The molecule has 0 radical (unpaired) electrons. The van der Waals surface area contributed by atoms with Gasteiger partial charge in [-0.3, -0.25) is 0 Å². The van der Waals surface area contributed by atoms with E-state index in [0.717, 1.165) is 24.2 Å². The highest BCUT2D eigenvalue weighted by Gasteiger charge is 2.41. The Kier molecular flexibility index (Phi) is 3.34. The molecule has 0 heterocycles. The summed E-state index contributed by atoms with van der Waals surface area (Å²) in [5.41, 5.74) is 2.92. The van der Waals surface area contributed by atoms with Crippen molar-refractivity contribution in [3.8, 4) is 0 Å². The molecule has 1 aromatic rings. The molecule has 2 bridgehead atoms. The third-order valence-electron chi connectivity index (χ3n) is 6.31. The summed E-state index contributed by atoms with van der Waals surface area (Å²) in [4.78, 5) is 0. The van der Waals surface area contributed by atoms with Crippen molar-refractivity contribution >= 4 is 0 Å². The third kappa shape index (κ3) is 2.20. The lowest BCUT2D eigenvalue weighted by Crippen LogP contribution is -2.27. The molecule has 5 atom stereocenters. The van der Waals surface area contributed by atoms with Crippen LogP contribution in [-0.4, -0.2) is 11.2 Å². The molecule has 1 nitrogen and oxygen atoms in total. The molecule has 1 N–H and O–H groups in total. The van der Waals surface area contributed by atoms with Crippen molar-refractivity contribution in [2.75, 3.05) is 0 Å². The highest BCUT2D eigenvalue weighted by Crippen LogP contribution is 2.51. The minimum Gasteiger partial charge on any atom is -0.392 e. The zero-order valence-corrected chi connectivity index (χ0v) is 12.3. The SMILES string of the molecule is OC(CC1CC2CCC1C2)C1CCCc2ccccc21. The first-order valence-corrected chi connectivity index (χ1v) is 8.57. The van der Waals surface area contributed by atoms with Crippen molar-refractivity contribution < 1.29 is 5.11 Å². The van der Waals surface area contributed by atoms with E-state index >= 15 is 0 Å². The Bertz CT molecular complexity index is 480. The molecular weight excluding hydrogens is 244 g/mol. The Morgan fingerprint density at radius 3 is 2.80 bits per heavy atom. The van der Waals surface area contributed by atoms with Crippen LogP contribution in [-0.2, 0) is 6.42 Å². The first kappa shape index (κ1) is 12.9. The highest BCUT2D eigenvalue weighted by molar-refractivity contribution is 5.33. The second-order valence-electron chi connectivity index (χ2n) is 7.44. The molecule has 0 amide bonds. The van der Waals surface area contributed by atoms with E-state index < -0.39 is 0 Å². The van der Waals surface area contributed by atoms with E-state index in [0.29, 0.717) is 5.92 Å². The van der Waals surface area contributed by atoms with Gasteiger partial charge in [-0.25, -0.2) is 0 Å². The maximum Gasteiger partial charge on any atom is 0.0611 e. The number of aryl methyl sites for hydroxylation is 1. The second kappa shape index (κ2) is 5.18. The van der Waals surface area contributed by atoms with Gasteiger partial charge in [0.15, 0.2) is 0 Å². The van der Waals surface area contributed by atoms with Gasteiger partial charge in [0, 0.05) is 5.92 Å². The molecule has 20 heavy (non-hydrogen) atoms. The zero-order chi connectivity index (χ0) is 13.5. The predicted octanol–water partition coefficient (Wildman–Crippen LogP) is 4.29. The summed E-state index contributed by atoms with van der Waals surface area (Å²) in [5, 5.41) is 10.8. The molecule has 3 aliphatic carbocycles. The molecule has 2 saturated carbocycles. The summed E-state index contributed by atoms with van der Waals surface area (Å²) in [5.74, 6) is 3.15. The molecule has 1 heteroatoms. The fraction of sp³-hybridized carbons (Fsp3) is 0.684. The van der Waals surface area contributed by atoms with Crippen LogP contribution in [0.5, 0.6) is 0 Å². The summed E-state index contributed by atoms with van der Waals surface area (Å²) in [6.45, 7) is 0. The largest absolute Gasteiger partial charge is 0.392 e. The molecule has 4 rings (SSSR count). The van der Waals surface area contributed by atoms with Gasteiger partial charge >= 0.3 is 0 Å². The number of hydrogen-bond acceptors (Lipinski definition) is 1. The monoisotopic (exact) mass is 270 g/mol. The summed E-state index contributed by atoms with van der Waals surface area (Å²) in [6.07, 6.45) is 10.3. The van der Waals surface area contributed by atoms with Crippen LogP contribution in [0.15, 0.2) is 24.3 Å². The van der Waals surface area contributed by atoms with Crippen LogP contribution in [0.1, 0.15) is 62.0 Å². The van der Waals surface area contributed by atoms with Gasteiger partial charge in [0.25, 0.3) is 0 Å². The van der Waals surface area contributed by atoms with Gasteiger partial charge in [-0.2, -0.15) is 0 Å². The van der Waals surface area contributed by atoms with Crippen molar-refractivity contribution in [1.82, 2.24) is 0 Å². The number of rotatable bonds is 3. The first-order chi connectivity index (χ1) is 9.81. The van der Waals surface area contributed by atoms with Gasteiger partial charge in [0.2, 0.25) is 0 Å². The van der Waals surface area contributed by atoms with Gasteiger partial charge < -0.3 is 5.11 Å². The van der Waals surface area contributed by atoms with Crippen molar-refractivity contribution in [2.45, 2.75) is 63.4 Å². The Morgan fingerprint density at radius 2 is 2.00 bits per heavy atom. The maximum absolute atomic E-state index is 10.8. The van der Waals surface area contributed by atoms with E-state index in [9.17, 15) is 5.11 Å². The van der Waals surface area contributed by atoms with E-state index in [1.165, 1.54) is 56.1 Å². The lowest BCUT2D eigenvalue weighted by atomic mass is 9.75. The molecule has 0 aromatic heterocycles. The number of aliphatic hydroxyl groups excluding tert-OH is 1. The van der Waals surface area contributed by atoms with Gasteiger partial charge in [-0.15, -0.1) is 0 Å². The van der Waals surface area contributed by atoms with Crippen LogP contribution in [0.25, 0.3) is 0 Å². The van der Waals surface area contributed by atoms with Gasteiger partial charge in [-0.05, 0) is 73.8 Å². The van der Waals surface area contributed by atoms with Crippen LogP contribution in [0.4, 0.5) is 0 Å². The predicted molar refractivity (Wildman–Crippen MR) is 81.7 cm³/mol. The minimum atomic E-state index is -0.110. The number of aliphatic hydroxyl groups is 1. The highest BCUT2D eigenvalue weighted by atomic mass is 16.3. The quantitative estimate of drug-likeness (QED) is 0.868. The van der Waals surface area contributed by atoms with E-state index in [1.807, 2.05) is 0 Å². The van der Waals surface area contributed by atoms with Crippen LogP contribution in [0, 0.1) is 17.8 Å². The Balaban J connectivity index is 1.48. The summed E-state index contributed by atoms with van der Waals surface area (Å²) in [7, 11) is 0. The van der Waals surface area contributed by atoms with Gasteiger partial charge in [0.1, 0.15) is 0 Å². The van der Waals surface area contributed by atoms with Crippen molar-refractivity contribution in [2.24, 2.45) is 17.8 Å². The standard InChI is InChI=1S/C19H26O/c20-19(12-16-11-13-8-9-15(16)10-13)18-7-3-5-14-4-1-2-6-17(14)18/h1-2,4,6,13,15-16,18-20H,3,5,7-12H2. The Labute approximate surface area is 122 Å². The molecule has 3 aliphatic rings. The third-order valence-corrected chi connectivity index (χ3v) is 6.31. The van der Waals surface area contributed by atoms with E-state index in [1.54, 1.807) is 0 Å². The van der Waals surface area contributed by atoms with Crippen LogP contribution < -0.4 is 0 Å². The average Bonchev–Trinajstić information content (AvgIpc) is 3.09. The molecule has 0 spiro atoms. The molecule has 5 unspecified atom stereocenters. The normalized spacial score (nSPS) is 36.9. The van der Waals surface area contributed by atoms with E-state index in [4.69, 9.17) is 0 Å². The van der Waals surface area contributed by atoms with E-state index in [2.05, 4.69) is 24.3 Å². The summed E-state index contributed by atoms with van der Waals surface area (Å²) < 4.78 is 0. The molecule has 1 aromatic carbocycles. The Hall–Kier alpha value is -0.820. The lowest BCUT2D eigenvalue weighted by molar-refractivity contribution is 0.0927. The molecule has 0 saturated heterocycles. The van der Waals surface area contributed by atoms with Gasteiger partial charge in [-0.1, -0.05) is 30.7 Å². The maximum atomic E-state index is 10.8. The van der Waals surface area contributed by atoms with E-state index in [-0.39, 0.29) is 6.10 Å². The smallest absolute Gasteiger partial charge is 0.0611 e. The minimum absolute atomic E-state index is 0.110. The van der Waals surface area contributed by atoms with Crippen molar-refractivity contribution in [3.05, 3.63) is 35.4 Å². The molecular formula is C19H26O. The second-order valence-corrected chi connectivity index (χ2v) is 7.44. The summed E-state index contributed by atoms with van der Waals surface area (Å²) >= 11 is 0. The fourth-order valence-corrected chi connectivity index (χ4v) is 5.33. The molecule has 108 valence electrons. The average molecular weight is 270 g/mol. The molecule has 0 aliphatic heterocycles. The topological polar surface area (TPSA) is 20.2 Å². The molecule has 2 fully saturated rings. The van der Waals surface area contributed by atoms with Crippen molar-refractivity contribution in [3.63, 3.8) is 0 Å². The fourth-order valence-electron chi connectivity index (χ4n) is 5.33. The number of benzene rings is 1. The summed E-state index contributed by atoms with van der Waals surface area (Å²) in [6, 6.07) is 8.79. The van der Waals surface area contributed by atoms with Crippen LogP contribution in [0.3, 0.4) is 0 Å².